The maximum absolute atomic E-state index is 12.3. The Hall–Kier alpha value is -2.62. The van der Waals surface area contributed by atoms with Gasteiger partial charge in [0.15, 0.2) is 5.96 Å². The summed E-state index contributed by atoms with van der Waals surface area (Å²) in [7, 11) is 3.51. The predicted octanol–water partition coefficient (Wildman–Crippen LogP) is 2.59. The Morgan fingerprint density at radius 3 is 2.70 bits per heavy atom. The number of aromatic nitrogens is 2. The highest BCUT2D eigenvalue weighted by Gasteiger charge is 2.10. The number of carbonyl (C=O) groups is 1. The topological polar surface area (TPSA) is 85.4 Å². The van der Waals surface area contributed by atoms with Crippen LogP contribution in [0.15, 0.2) is 59.9 Å². The monoisotopic (exact) mass is 520 g/mol. The van der Waals surface area contributed by atoms with Gasteiger partial charge in [-0.05, 0) is 30.2 Å². The number of pyridine rings is 1. The molecule has 30 heavy (non-hydrogen) atoms. The number of aromatic amines is 1. The maximum Gasteiger partial charge on any atom is 0.241 e. The first-order chi connectivity index (χ1) is 14.2. The fraction of sp³-hybridized carbons (Fsp3) is 0.318. The minimum atomic E-state index is 0. The minimum absolute atomic E-state index is 0. The minimum Gasteiger partial charge on any atom is -0.361 e. The predicted molar refractivity (Wildman–Crippen MR) is 132 cm³/mol. The summed E-state index contributed by atoms with van der Waals surface area (Å²) in [5.74, 6) is 0.636. The van der Waals surface area contributed by atoms with Crippen LogP contribution in [-0.4, -0.2) is 60.5 Å². The summed E-state index contributed by atoms with van der Waals surface area (Å²) in [6.07, 6.45) is 5.41. The van der Waals surface area contributed by atoms with Crippen molar-refractivity contribution < 1.29 is 4.79 Å². The van der Waals surface area contributed by atoms with E-state index >= 15 is 0 Å². The van der Waals surface area contributed by atoms with Crippen LogP contribution in [0, 0.1) is 0 Å². The average Bonchev–Trinajstić information content (AvgIpc) is 3.18. The van der Waals surface area contributed by atoms with E-state index in [0.29, 0.717) is 12.5 Å². The van der Waals surface area contributed by atoms with E-state index in [1.807, 2.05) is 36.5 Å². The second-order valence-corrected chi connectivity index (χ2v) is 6.85. The molecule has 1 aromatic carbocycles. The molecule has 0 saturated heterocycles. The van der Waals surface area contributed by atoms with E-state index in [0.717, 1.165) is 30.6 Å². The number of hydrogen-bond acceptors (Lipinski definition) is 3. The van der Waals surface area contributed by atoms with Crippen LogP contribution in [0.5, 0.6) is 0 Å². The van der Waals surface area contributed by atoms with Gasteiger partial charge in [-0.15, -0.1) is 24.0 Å². The van der Waals surface area contributed by atoms with E-state index in [1.165, 1.54) is 10.9 Å². The van der Waals surface area contributed by atoms with Crippen molar-refractivity contribution in [3.63, 3.8) is 0 Å². The number of nitrogens with one attached hydrogen (secondary N) is 3. The Kier molecular flexibility index (Phi) is 9.59. The third kappa shape index (κ3) is 6.72. The zero-order chi connectivity index (χ0) is 20.5. The van der Waals surface area contributed by atoms with Crippen molar-refractivity contribution in [2.24, 2.45) is 4.99 Å². The lowest BCUT2D eigenvalue weighted by atomic mass is 10.1. The molecule has 0 atom stereocenters. The number of amides is 1. The smallest absolute Gasteiger partial charge is 0.241 e. The van der Waals surface area contributed by atoms with Crippen molar-refractivity contribution in [2.45, 2.75) is 12.8 Å². The normalized spacial score (nSPS) is 11.1. The van der Waals surface area contributed by atoms with Crippen LogP contribution < -0.4 is 10.6 Å². The second-order valence-electron chi connectivity index (χ2n) is 6.85. The van der Waals surface area contributed by atoms with E-state index in [-0.39, 0.29) is 36.4 Å². The van der Waals surface area contributed by atoms with Gasteiger partial charge < -0.3 is 20.5 Å². The van der Waals surface area contributed by atoms with Gasteiger partial charge in [0.25, 0.3) is 0 Å². The SMILES string of the molecule is CN=C(NCCc1c[nH]c2ccccc12)NCC(=O)N(C)CCc1ccccn1.I. The van der Waals surface area contributed by atoms with Gasteiger partial charge in [-0.2, -0.15) is 0 Å². The Morgan fingerprint density at radius 1 is 1.13 bits per heavy atom. The molecule has 0 radical (unpaired) electrons. The van der Waals surface area contributed by atoms with Crippen molar-refractivity contribution in [1.29, 1.82) is 0 Å². The molecular formula is C22H29IN6O. The summed E-state index contributed by atoms with van der Waals surface area (Å²) >= 11 is 0. The zero-order valence-electron chi connectivity index (χ0n) is 17.4. The molecular weight excluding hydrogens is 491 g/mol. The van der Waals surface area contributed by atoms with E-state index in [4.69, 9.17) is 0 Å². The number of guanidine groups is 1. The third-order valence-electron chi connectivity index (χ3n) is 4.85. The van der Waals surface area contributed by atoms with Gasteiger partial charge in [0.2, 0.25) is 5.91 Å². The van der Waals surface area contributed by atoms with Crippen LogP contribution in [0.25, 0.3) is 10.9 Å². The lowest BCUT2D eigenvalue weighted by molar-refractivity contribution is -0.128. The van der Waals surface area contributed by atoms with Crippen molar-refractivity contribution >= 4 is 46.7 Å². The molecule has 0 spiro atoms. The molecule has 0 bridgehead atoms. The fourth-order valence-corrected chi connectivity index (χ4v) is 3.12. The molecule has 0 aliphatic carbocycles. The van der Waals surface area contributed by atoms with Crippen LogP contribution >= 0.6 is 24.0 Å². The fourth-order valence-electron chi connectivity index (χ4n) is 3.12. The number of H-pyrrole nitrogens is 1. The van der Waals surface area contributed by atoms with Crippen molar-refractivity contribution in [2.75, 3.05) is 33.7 Å². The van der Waals surface area contributed by atoms with Crippen LogP contribution in [-0.2, 0) is 17.6 Å². The van der Waals surface area contributed by atoms with Crippen molar-refractivity contribution in [3.8, 4) is 0 Å². The molecule has 160 valence electrons. The lowest BCUT2D eigenvalue weighted by Gasteiger charge is -2.18. The summed E-state index contributed by atoms with van der Waals surface area (Å²) < 4.78 is 0. The van der Waals surface area contributed by atoms with Gasteiger partial charge in [-0.25, -0.2) is 0 Å². The summed E-state index contributed by atoms with van der Waals surface area (Å²) in [4.78, 5) is 25.8. The third-order valence-corrected chi connectivity index (χ3v) is 4.85. The van der Waals surface area contributed by atoms with Crippen LogP contribution in [0.3, 0.4) is 0 Å². The highest BCUT2D eigenvalue weighted by molar-refractivity contribution is 14.0. The first-order valence-corrected chi connectivity index (χ1v) is 9.80. The Bertz CT molecular complexity index is 956. The van der Waals surface area contributed by atoms with Crippen LogP contribution in [0.4, 0.5) is 0 Å². The number of halogens is 1. The number of hydrogen-bond donors (Lipinski definition) is 3. The molecule has 3 N–H and O–H groups in total. The standard InChI is InChI=1S/C22H28N6O.HI/c1-23-22(25-13-10-17-15-26-20-9-4-3-8-19(17)20)27-16-21(29)28(2)14-11-18-7-5-6-12-24-18;/h3-9,12,15,26H,10-11,13-14,16H2,1-2H3,(H2,23,25,27);1H. The zero-order valence-corrected chi connectivity index (χ0v) is 19.7. The van der Waals surface area contributed by atoms with Gasteiger partial charge in [0.05, 0.1) is 6.54 Å². The van der Waals surface area contributed by atoms with E-state index in [2.05, 4.69) is 37.7 Å². The number of fused-ring (bicyclic) bond motifs is 1. The largest absolute Gasteiger partial charge is 0.361 e. The molecule has 7 nitrogen and oxygen atoms in total. The van der Waals surface area contributed by atoms with Crippen molar-refractivity contribution in [3.05, 3.63) is 66.1 Å². The summed E-state index contributed by atoms with van der Waals surface area (Å²) in [5, 5.41) is 7.60. The summed E-state index contributed by atoms with van der Waals surface area (Å²) in [6, 6.07) is 14.1. The van der Waals surface area contributed by atoms with Gasteiger partial charge in [0.1, 0.15) is 0 Å². The first-order valence-electron chi connectivity index (χ1n) is 9.80. The Labute approximate surface area is 194 Å². The highest BCUT2D eigenvalue weighted by atomic mass is 127. The van der Waals surface area contributed by atoms with E-state index < -0.39 is 0 Å². The number of aliphatic imine (C=N–C) groups is 1. The molecule has 0 unspecified atom stereocenters. The molecule has 3 aromatic rings. The molecule has 0 fully saturated rings. The van der Waals surface area contributed by atoms with Gasteiger partial charge in [0, 0.05) is 62.6 Å². The Morgan fingerprint density at radius 2 is 1.93 bits per heavy atom. The van der Waals surface area contributed by atoms with Gasteiger partial charge >= 0.3 is 0 Å². The molecule has 0 aliphatic rings. The van der Waals surface area contributed by atoms with Gasteiger partial charge in [-0.3, -0.25) is 14.8 Å². The Balaban J connectivity index is 0.00000320. The molecule has 0 saturated carbocycles. The average molecular weight is 520 g/mol. The summed E-state index contributed by atoms with van der Waals surface area (Å²) in [5.41, 5.74) is 3.38. The molecule has 2 heterocycles. The molecule has 8 heteroatoms. The number of para-hydroxylation sites is 1. The quantitative estimate of drug-likeness (QED) is 0.242. The molecule has 2 aromatic heterocycles. The number of nitrogens with zero attached hydrogens (tertiary/aromatic N) is 3. The first kappa shape index (κ1) is 23.7. The number of likely N-dealkylation sites (N-methyl/N-ethyl adjacent to an activating group) is 1. The summed E-state index contributed by atoms with van der Waals surface area (Å²) in [6.45, 7) is 1.56. The van der Waals surface area contributed by atoms with Crippen LogP contribution in [0.2, 0.25) is 0 Å². The van der Waals surface area contributed by atoms with Crippen LogP contribution in [0.1, 0.15) is 11.3 Å². The van der Waals surface area contributed by atoms with E-state index in [9.17, 15) is 4.79 Å². The number of carbonyl (C=O) groups excluding carboxylic acids is 1. The highest BCUT2D eigenvalue weighted by Crippen LogP contribution is 2.17. The molecule has 1 amide bonds. The number of rotatable bonds is 8. The van der Waals surface area contributed by atoms with Gasteiger partial charge in [-0.1, -0.05) is 24.3 Å². The molecule has 3 rings (SSSR count). The lowest BCUT2D eigenvalue weighted by Crippen LogP contribution is -2.44. The van der Waals surface area contributed by atoms with E-state index in [1.54, 1.807) is 25.2 Å². The molecule has 0 aliphatic heterocycles. The van der Waals surface area contributed by atoms with Crippen molar-refractivity contribution in [1.82, 2.24) is 25.5 Å². The maximum atomic E-state index is 12.3. The number of benzene rings is 1. The second kappa shape index (κ2) is 12.2.